The van der Waals surface area contributed by atoms with Crippen molar-refractivity contribution in [2.45, 2.75) is 20.0 Å². The highest BCUT2D eigenvalue weighted by molar-refractivity contribution is 5.97. The summed E-state index contributed by atoms with van der Waals surface area (Å²) in [6.07, 6.45) is 1.94. The van der Waals surface area contributed by atoms with Crippen LogP contribution in [-0.4, -0.2) is 31.7 Å². The number of hydrogen-bond donors (Lipinski definition) is 1. The standard InChI is InChI=1S/C21H23NO5/c1-4-26-17-12-9-16(10-13-17)11-14-20(23)27-15(2)21(24)22-18-7-5-6-8-19(18)25-3/h5-15H,4H2,1-3H3,(H,22,24)/b14-11+/t15-/m0/s1. The molecule has 1 atom stereocenters. The summed E-state index contributed by atoms with van der Waals surface area (Å²) < 4.78 is 15.7. The molecule has 1 amide bonds. The van der Waals surface area contributed by atoms with Crippen molar-refractivity contribution in [3.05, 3.63) is 60.2 Å². The number of rotatable bonds is 8. The van der Waals surface area contributed by atoms with Crippen LogP contribution in [0.4, 0.5) is 5.69 Å². The Balaban J connectivity index is 1.89. The second-order valence-corrected chi connectivity index (χ2v) is 5.60. The molecule has 0 heterocycles. The van der Waals surface area contributed by atoms with Crippen LogP contribution < -0.4 is 14.8 Å². The zero-order valence-electron chi connectivity index (χ0n) is 15.6. The monoisotopic (exact) mass is 369 g/mol. The molecule has 142 valence electrons. The fourth-order valence-corrected chi connectivity index (χ4v) is 2.26. The molecule has 0 aromatic heterocycles. The quantitative estimate of drug-likeness (QED) is 0.568. The fourth-order valence-electron chi connectivity index (χ4n) is 2.26. The van der Waals surface area contributed by atoms with Gasteiger partial charge in [0.15, 0.2) is 6.10 Å². The molecule has 0 aliphatic carbocycles. The van der Waals surface area contributed by atoms with Crippen LogP contribution >= 0.6 is 0 Å². The van der Waals surface area contributed by atoms with E-state index in [1.54, 1.807) is 30.3 Å². The van der Waals surface area contributed by atoms with Gasteiger partial charge in [0.1, 0.15) is 11.5 Å². The molecule has 6 nitrogen and oxygen atoms in total. The molecule has 27 heavy (non-hydrogen) atoms. The van der Waals surface area contributed by atoms with Crippen LogP contribution in [0.5, 0.6) is 11.5 Å². The van der Waals surface area contributed by atoms with E-state index in [1.807, 2.05) is 31.2 Å². The van der Waals surface area contributed by atoms with Crippen LogP contribution in [0, 0.1) is 0 Å². The molecule has 2 aromatic rings. The number of carbonyl (C=O) groups is 2. The van der Waals surface area contributed by atoms with Crippen molar-refractivity contribution in [1.82, 2.24) is 0 Å². The van der Waals surface area contributed by atoms with Gasteiger partial charge in [-0.1, -0.05) is 24.3 Å². The van der Waals surface area contributed by atoms with Gasteiger partial charge < -0.3 is 19.5 Å². The number of carbonyl (C=O) groups excluding carboxylic acids is 2. The third-order valence-corrected chi connectivity index (χ3v) is 3.63. The molecule has 2 aromatic carbocycles. The van der Waals surface area contributed by atoms with Crippen molar-refractivity contribution in [3.8, 4) is 11.5 Å². The first-order valence-electron chi connectivity index (χ1n) is 8.59. The Hall–Kier alpha value is -3.28. The number of nitrogens with one attached hydrogen (secondary N) is 1. The maximum Gasteiger partial charge on any atom is 0.331 e. The summed E-state index contributed by atoms with van der Waals surface area (Å²) in [6.45, 7) is 4.01. The maximum atomic E-state index is 12.2. The van der Waals surface area contributed by atoms with Crippen molar-refractivity contribution in [1.29, 1.82) is 0 Å². The highest BCUT2D eigenvalue weighted by atomic mass is 16.5. The van der Waals surface area contributed by atoms with Gasteiger partial charge in [0.2, 0.25) is 0 Å². The van der Waals surface area contributed by atoms with Gasteiger partial charge in [-0.3, -0.25) is 4.79 Å². The van der Waals surface area contributed by atoms with Gasteiger partial charge in [0.05, 0.1) is 19.4 Å². The van der Waals surface area contributed by atoms with Crippen molar-refractivity contribution < 1.29 is 23.8 Å². The van der Waals surface area contributed by atoms with Crippen LogP contribution in [0.1, 0.15) is 19.4 Å². The van der Waals surface area contributed by atoms with E-state index >= 15 is 0 Å². The lowest BCUT2D eigenvalue weighted by Crippen LogP contribution is -2.29. The molecule has 1 N–H and O–H groups in total. The molecule has 0 spiro atoms. The second-order valence-electron chi connectivity index (χ2n) is 5.60. The van der Waals surface area contributed by atoms with Gasteiger partial charge >= 0.3 is 5.97 Å². The Morgan fingerprint density at radius 2 is 1.81 bits per heavy atom. The highest BCUT2D eigenvalue weighted by Crippen LogP contribution is 2.23. The average Bonchev–Trinajstić information content (AvgIpc) is 2.68. The molecule has 0 aliphatic rings. The molecule has 2 rings (SSSR count). The summed E-state index contributed by atoms with van der Waals surface area (Å²) in [5.41, 5.74) is 1.33. The number of benzene rings is 2. The average molecular weight is 369 g/mol. The molecule has 6 heteroatoms. The van der Waals surface area contributed by atoms with Gasteiger partial charge in [-0.25, -0.2) is 4.79 Å². The van der Waals surface area contributed by atoms with Gasteiger partial charge in [-0.2, -0.15) is 0 Å². The Bertz CT molecular complexity index is 798. The molecule has 0 radical (unpaired) electrons. The van der Waals surface area contributed by atoms with Crippen molar-refractivity contribution in [2.75, 3.05) is 19.0 Å². The normalized spacial score (nSPS) is 11.7. The van der Waals surface area contributed by atoms with Crippen molar-refractivity contribution in [3.63, 3.8) is 0 Å². The minimum atomic E-state index is -0.951. The zero-order valence-corrected chi connectivity index (χ0v) is 15.6. The Morgan fingerprint density at radius 1 is 1.11 bits per heavy atom. The number of anilines is 1. The Kier molecular flexibility index (Phi) is 7.43. The number of esters is 1. The summed E-state index contributed by atoms with van der Waals surface area (Å²) in [5.74, 6) is 0.243. The van der Waals surface area contributed by atoms with E-state index in [9.17, 15) is 9.59 Å². The molecule has 0 aliphatic heterocycles. The van der Waals surface area contributed by atoms with Crippen LogP contribution in [-0.2, 0) is 14.3 Å². The Morgan fingerprint density at radius 3 is 2.48 bits per heavy atom. The minimum Gasteiger partial charge on any atom is -0.495 e. The predicted molar refractivity (Wildman–Crippen MR) is 104 cm³/mol. The van der Waals surface area contributed by atoms with Crippen molar-refractivity contribution >= 4 is 23.6 Å². The van der Waals surface area contributed by atoms with Crippen molar-refractivity contribution in [2.24, 2.45) is 0 Å². The predicted octanol–water partition coefficient (Wildman–Crippen LogP) is 3.68. The summed E-state index contributed by atoms with van der Waals surface area (Å²) in [6, 6.07) is 14.3. The lowest BCUT2D eigenvalue weighted by molar-refractivity contribution is -0.148. The van der Waals surface area contributed by atoms with E-state index in [1.165, 1.54) is 20.1 Å². The molecule has 0 unspecified atom stereocenters. The first-order chi connectivity index (χ1) is 13.0. The number of amides is 1. The molecular formula is C21H23NO5. The SMILES string of the molecule is CCOc1ccc(/C=C/C(=O)O[C@@H](C)C(=O)Nc2ccccc2OC)cc1. The lowest BCUT2D eigenvalue weighted by Gasteiger charge is -2.14. The summed E-state index contributed by atoms with van der Waals surface area (Å²) in [7, 11) is 1.51. The van der Waals surface area contributed by atoms with Gasteiger partial charge in [-0.15, -0.1) is 0 Å². The Labute approximate surface area is 158 Å². The van der Waals surface area contributed by atoms with Crippen LogP contribution in [0.2, 0.25) is 0 Å². The van der Waals surface area contributed by atoms with E-state index in [2.05, 4.69) is 5.32 Å². The van der Waals surface area contributed by atoms with E-state index in [0.29, 0.717) is 18.0 Å². The number of hydrogen-bond acceptors (Lipinski definition) is 5. The zero-order chi connectivity index (χ0) is 19.6. The molecule has 0 saturated heterocycles. The first-order valence-corrected chi connectivity index (χ1v) is 8.59. The van der Waals surface area contributed by atoms with Gasteiger partial charge in [0.25, 0.3) is 5.91 Å². The smallest absolute Gasteiger partial charge is 0.331 e. The number of ether oxygens (including phenoxy) is 3. The molecular weight excluding hydrogens is 346 g/mol. The largest absolute Gasteiger partial charge is 0.495 e. The van der Waals surface area contributed by atoms with Crippen LogP contribution in [0.3, 0.4) is 0 Å². The number of para-hydroxylation sites is 2. The maximum absolute atomic E-state index is 12.2. The van der Waals surface area contributed by atoms with E-state index < -0.39 is 18.0 Å². The van der Waals surface area contributed by atoms with Gasteiger partial charge in [-0.05, 0) is 49.8 Å². The first kappa shape index (κ1) is 20.0. The summed E-state index contributed by atoms with van der Waals surface area (Å²) in [4.78, 5) is 24.1. The third-order valence-electron chi connectivity index (χ3n) is 3.63. The highest BCUT2D eigenvalue weighted by Gasteiger charge is 2.18. The van der Waals surface area contributed by atoms with E-state index in [-0.39, 0.29) is 0 Å². The lowest BCUT2D eigenvalue weighted by atomic mass is 10.2. The van der Waals surface area contributed by atoms with Crippen LogP contribution in [0.25, 0.3) is 6.08 Å². The van der Waals surface area contributed by atoms with Crippen LogP contribution in [0.15, 0.2) is 54.6 Å². The molecule has 0 saturated carbocycles. The number of methoxy groups -OCH3 is 1. The summed E-state index contributed by atoms with van der Waals surface area (Å²) in [5, 5.41) is 2.68. The second kappa shape index (κ2) is 10.0. The topological polar surface area (TPSA) is 73.9 Å². The minimum absolute atomic E-state index is 0.442. The fraction of sp³-hybridized carbons (Fsp3) is 0.238. The van der Waals surface area contributed by atoms with Gasteiger partial charge in [0, 0.05) is 6.08 Å². The summed E-state index contributed by atoms with van der Waals surface area (Å²) >= 11 is 0. The molecule has 0 fully saturated rings. The van der Waals surface area contributed by atoms with E-state index in [4.69, 9.17) is 14.2 Å². The van der Waals surface area contributed by atoms with E-state index in [0.717, 1.165) is 11.3 Å². The molecule has 0 bridgehead atoms. The third kappa shape index (κ3) is 6.18.